The molecule has 2 heterocycles. The van der Waals surface area contributed by atoms with Crippen molar-refractivity contribution in [2.75, 3.05) is 0 Å². The second-order valence-corrected chi connectivity index (χ2v) is 8.29. The van der Waals surface area contributed by atoms with Gasteiger partial charge in [-0.05, 0) is 50.8 Å². The van der Waals surface area contributed by atoms with E-state index in [2.05, 4.69) is 26.6 Å². The number of carbonyl (C=O) groups excluding carboxylic acids is 1. The van der Waals surface area contributed by atoms with E-state index in [-0.39, 0.29) is 12.0 Å². The number of hydrogen-bond acceptors (Lipinski definition) is 6. The van der Waals surface area contributed by atoms with Crippen LogP contribution in [0.1, 0.15) is 43.2 Å². The predicted octanol–water partition coefficient (Wildman–Crippen LogP) is 4.75. The van der Waals surface area contributed by atoms with Crippen LogP contribution < -0.4 is 10.1 Å². The number of amides is 1. The number of carbonyl (C=O) groups is 1. The Morgan fingerprint density at radius 1 is 1.12 bits per heavy atom. The first-order valence-electron chi connectivity index (χ1n) is 10.9. The lowest BCUT2D eigenvalue weighted by Crippen LogP contribution is -2.39. The summed E-state index contributed by atoms with van der Waals surface area (Å²) in [6.45, 7) is 2.00. The Kier molecular flexibility index (Phi) is 5.34. The fourth-order valence-electron chi connectivity index (χ4n) is 4.37. The molecule has 8 heteroatoms. The first-order valence-corrected chi connectivity index (χ1v) is 10.9. The maximum atomic E-state index is 12.1. The number of ether oxygens (including phenoxy) is 1. The van der Waals surface area contributed by atoms with E-state index in [0.29, 0.717) is 17.5 Å². The Morgan fingerprint density at radius 3 is 2.69 bits per heavy atom. The number of nitrogens with one attached hydrogen (secondary N) is 1. The van der Waals surface area contributed by atoms with Gasteiger partial charge in [0.05, 0.1) is 11.2 Å². The second-order valence-electron chi connectivity index (χ2n) is 8.29. The lowest BCUT2D eigenvalue weighted by atomic mass is 9.86. The molecule has 0 unspecified atom stereocenters. The van der Waals surface area contributed by atoms with Gasteiger partial charge in [-0.1, -0.05) is 35.5 Å². The number of rotatable bonds is 4. The van der Waals surface area contributed by atoms with Crippen molar-refractivity contribution in [3.63, 3.8) is 0 Å². The molecular formula is C24H25N5O3. The van der Waals surface area contributed by atoms with Crippen LogP contribution in [0.15, 0.2) is 53.1 Å². The molecular weight excluding hydrogens is 406 g/mol. The van der Waals surface area contributed by atoms with E-state index >= 15 is 0 Å². The zero-order valence-electron chi connectivity index (χ0n) is 18.1. The number of fused-ring (bicyclic) bond motifs is 1. The van der Waals surface area contributed by atoms with Gasteiger partial charge in [-0.2, -0.15) is 10.1 Å². The van der Waals surface area contributed by atoms with Gasteiger partial charge in [0.25, 0.3) is 0 Å². The first-order chi connectivity index (χ1) is 15.6. The van der Waals surface area contributed by atoms with Crippen molar-refractivity contribution in [2.45, 2.75) is 44.6 Å². The smallest absolute Gasteiger partial charge is 0.410 e. The molecule has 4 aromatic rings. The van der Waals surface area contributed by atoms with Crippen molar-refractivity contribution in [1.29, 1.82) is 0 Å². The standard InChI is InChI=1S/C24H25N5O3/c1-15-20-13-10-17(14-21(20)29(2)27-15)22-26-23(32-28-22)16-8-11-18(12-9-16)25-24(30)31-19-6-4-3-5-7-19/h3-7,10,13-14,16,18H,8-9,11-12H2,1-2H3,(H,25,30)/t16-,18-. The lowest BCUT2D eigenvalue weighted by Gasteiger charge is -2.26. The molecule has 1 aliphatic rings. The molecule has 0 bridgehead atoms. The highest BCUT2D eigenvalue weighted by atomic mass is 16.6. The fraction of sp³-hybridized carbons (Fsp3) is 0.333. The Morgan fingerprint density at radius 2 is 1.91 bits per heavy atom. The summed E-state index contributed by atoms with van der Waals surface area (Å²) in [5.41, 5.74) is 2.95. The second kappa shape index (κ2) is 8.45. The Bertz CT molecular complexity index is 1240. The van der Waals surface area contributed by atoms with Crippen LogP contribution >= 0.6 is 0 Å². The molecule has 1 aliphatic carbocycles. The summed E-state index contributed by atoms with van der Waals surface area (Å²) in [5.74, 6) is 1.98. The number of aryl methyl sites for hydroxylation is 2. The van der Waals surface area contributed by atoms with E-state index < -0.39 is 6.09 Å². The van der Waals surface area contributed by atoms with E-state index in [1.54, 1.807) is 12.1 Å². The third-order valence-corrected chi connectivity index (χ3v) is 6.09. The quantitative estimate of drug-likeness (QED) is 0.501. The van der Waals surface area contributed by atoms with E-state index in [9.17, 15) is 4.79 Å². The number of para-hydroxylation sites is 1. The van der Waals surface area contributed by atoms with Crippen molar-refractivity contribution in [2.24, 2.45) is 7.05 Å². The van der Waals surface area contributed by atoms with Crippen LogP contribution in [0.4, 0.5) is 4.79 Å². The van der Waals surface area contributed by atoms with Gasteiger partial charge in [0.1, 0.15) is 5.75 Å². The van der Waals surface area contributed by atoms with Crippen molar-refractivity contribution in [3.05, 3.63) is 60.1 Å². The molecule has 0 aliphatic heterocycles. The molecule has 0 atom stereocenters. The maximum absolute atomic E-state index is 12.1. The third-order valence-electron chi connectivity index (χ3n) is 6.09. The fourth-order valence-corrected chi connectivity index (χ4v) is 4.37. The molecule has 0 saturated heterocycles. The summed E-state index contributed by atoms with van der Waals surface area (Å²) >= 11 is 0. The van der Waals surface area contributed by atoms with Crippen molar-refractivity contribution in [3.8, 4) is 17.1 Å². The topological polar surface area (TPSA) is 95.1 Å². The molecule has 164 valence electrons. The minimum atomic E-state index is -0.416. The molecule has 1 fully saturated rings. The van der Waals surface area contributed by atoms with Crippen LogP contribution in [0, 0.1) is 6.92 Å². The van der Waals surface area contributed by atoms with E-state index in [4.69, 9.17) is 9.26 Å². The monoisotopic (exact) mass is 431 g/mol. The first kappa shape index (κ1) is 20.2. The number of aromatic nitrogens is 4. The van der Waals surface area contributed by atoms with Gasteiger partial charge < -0.3 is 14.6 Å². The zero-order chi connectivity index (χ0) is 22.1. The highest BCUT2D eigenvalue weighted by Crippen LogP contribution is 2.33. The summed E-state index contributed by atoms with van der Waals surface area (Å²) in [4.78, 5) is 16.8. The average molecular weight is 431 g/mol. The van der Waals surface area contributed by atoms with Crippen LogP contribution in [0.3, 0.4) is 0 Å². The van der Waals surface area contributed by atoms with Gasteiger partial charge in [-0.3, -0.25) is 4.68 Å². The largest absolute Gasteiger partial charge is 0.412 e. The van der Waals surface area contributed by atoms with Gasteiger partial charge in [-0.15, -0.1) is 0 Å². The third kappa shape index (κ3) is 4.08. The number of benzene rings is 2. The molecule has 5 rings (SSSR count). The van der Waals surface area contributed by atoms with Crippen LogP contribution in [0.2, 0.25) is 0 Å². The summed E-state index contributed by atoms with van der Waals surface area (Å²) in [5, 5.41) is 12.8. The molecule has 2 aromatic heterocycles. The van der Waals surface area contributed by atoms with Crippen molar-refractivity contribution in [1.82, 2.24) is 25.2 Å². The van der Waals surface area contributed by atoms with Crippen LogP contribution in [0.25, 0.3) is 22.3 Å². The summed E-state index contributed by atoms with van der Waals surface area (Å²) in [7, 11) is 1.93. The van der Waals surface area contributed by atoms with Crippen LogP contribution in [-0.4, -0.2) is 32.1 Å². The predicted molar refractivity (Wildman–Crippen MR) is 119 cm³/mol. The van der Waals surface area contributed by atoms with Gasteiger partial charge >= 0.3 is 6.09 Å². The molecule has 1 N–H and O–H groups in total. The Balaban J connectivity index is 1.20. The number of hydrogen-bond donors (Lipinski definition) is 1. The van der Waals surface area contributed by atoms with Gasteiger partial charge in [-0.25, -0.2) is 4.79 Å². The van der Waals surface area contributed by atoms with Crippen molar-refractivity contribution >= 4 is 17.0 Å². The summed E-state index contributed by atoms with van der Waals surface area (Å²) < 4.78 is 12.8. The van der Waals surface area contributed by atoms with E-state index in [0.717, 1.165) is 47.8 Å². The Hall–Kier alpha value is -3.68. The SMILES string of the molecule is Cc1nn(C)c2cc(-c3noc([C@H]4CC[C@H](NC(=O)Oc5ccccc5)CC4)n3)ccc12. The molecule has 1 saturated carbocycles. The molecule has 0 radical (unpaired) electrons. The highest BCUT2D eigenvalue weighted by Gasteiger charge is 2.28. The van der Waals surface area contributed by atoms with Gasteiger partial charge in [0, 0.05) is 30.0 Å². The van der Waals surface area contributed by atoms with E-state index in [1.807, 2.05) is 49.0 Å². The average Bonchev–Trinajstić information content (AvgIpc) is 3.40. The molecule has 1 amide bonds. The minimum absolute atomic E-state index is 0.0836. The molecule has 0 spiro atoms. The van der Waals surface area contributed by atoms with Crippen LogP contribution in [0.5, 0.6) is 5.75 Å². The normalized spacial score (nSPS) is 18.6. The van der Waals surface area contributed by atoms with Crippen LogP contribution in [-0.2, 0) is 7.05 Å². The summed E-state index contributed by atoms with van der Waals surface area (Å²) in [6.07, 6.45) is 3.01. The molecule has 8 nitrogen and oxygen atoms in total. The summed E-state index contributed by atoms with van der Waals surface area (Å²) in [6, 6.07) is 15.3. The molecule has 32 heavy (non-hydrogen) atoms. The van der Waals surface area contributed by atoms with Crippen molar-refractivity contribution < 1.29 is 14.1 Å². The maximum Gasteiger partial charge on any atom is 0.412 e. The van der Waals surface area contributed by atoms with E-state index in [1.165, 1.54) is 0 Å². The van der Waals surface area contributed by atoms with Gasteiger partial charge in [0.2, 0.25) is 11.7 Å². The van der Waals surface area contributed by atoms with Gasteiger partial charge in [0.15, 0.2) is 0 Å². The molecule has 2 aromatic carbocycles. The minimum Gasteiger partial charge on any atom is -0.410 e. The zero-order valence-corrected chi connectivity index (χ0v) is 18.1. The Labute approximate surface area is 185 Å². The number of nitrogens with zero attached hydrogens (tertiary/aromatic N) is 4. The lowest BCUT2D eigenvalue weighted by molar-refractivity contribution is 0.189. The highest BCUT2D eigenvalue weighted by molar-refractivity contribution is 5.85.